The zero-order valence-electron chi connectivity index (χ0n) is 12.2. The Morgan fingerprint density at radius 2 is 2.05 bits per heavy atom. The fourth-order valence-electron chi connectivity index (χ4n) is 1.93. The van der Waals surface area contributed by atoms with Crippen LogP contribution in [0.1, 0.15) is 25.8 Å². The van der Waals surface area contributed by atoms with E-state index in [1.54, 1.807) is 11.0 Å². The van der Waals surface area contributed by atoms with Crippen molar-refractivity contribution in [2.45, 2.75) is 26.7 Å². The minimum atomic E-state index is -0.0822. The molecule has 4 nitrogen and oxygen atoms in total. The highest BCUT2D eigenvalue weighted by molar-refractivity contribution is 5.91. The number of carbonyl (C=O) groups is 2. The number of anilines is 1. The Balaban J connectivity index is 2.55. The lowest BCUT2D eigenvalue weighted by atomic mass is 10.1. The number of hydrogen-bond acceptors (Lipinski definition) is 2. The van der Waals surface area contributed by atoms with Gasteiger partial charge in [-0.15, -0.1) is 6.58 Å². The summed E-state index contributed by atoms with van der Waals surface area (Å²) in [4.78, 5) is 24.9. The van der Waals surface area contributed by atoms with Crippen LogP contribution in [0.5, 0.6) is 0 Å². The smallest absolute Gasteiger partial charge is 0.226 e. The number of aryl methyl sites for hydroxylation is 1. The first-order chi connectivity index (χ1) is 9.58. The van der Waals surface area contributed by atoms with E-state index in [9.17, 15) is 9.59 Å². The Kier molecular flexibility index (Phi) is 6.50. The second-order valence-corrected chi connectivity index (χ2v) is 4.56. The Morgan fingerprint density at radius 3 is 2.65 bits per heavy atom. The van der Waals surface area contributed by atoms with E-state index in [0.717, 1.165) is 17.7 Å². The van der Waals surface area contributed by atoms with E-state index < -0.39 is 0 Å². The van der Waals surface area contributed by atoms with Gasteiger partial charge < -0.3 is 10.2 Å². The number of hydrogen-bond donors (Lipinski definition) is 1. The van der Waals surface area contributed by atoms with Crippen molar-refractivity contribution in [3.05, 3.63) is 42.5 Å². The van der Waals surface area contributed by atoms with Crippen LogP contribution < -0.4 is 5.32 Å². The maximum absolute atomic E-state index is 11.9. The fourth-order valence-corrected chi connectivity index (χ4v) is 1.93. The van der Waals surface area contributed by atoms with E-state index in [0.29, 0.717) is 13.1 Å². The van der Waals surface area contributed by atoms with Crippen LogP contribution in [-0.4, -0.2) is 29.8 Å². The molecule has 0 aliphatic rings. The van der Waals surface area contributed by atoms with Gasteiger partial charge in [-0.25, -0.2) is 0 Å². The average Bonchev–Trinajstić information content (AvgIpc) is 2.43. The molecule has 0 heterocycles. The summed E-state index contributed by atoms with van der Waals surface area (Å²) < 4.78 is 0. The molecule has 0 aliphatic carbocycles. The molecule has 1 aromatic carbocycles. The Hall–Kier alpha value is -2.10. The average molecular weight is 274 g/mol. The molecule has 0 fully saturated rings. The van der Waals surface area contributed by atoms with Crippen molar-refractivity contribution >= 4 is 17.5 Å². The SMILES string of the molecule is C=CCN(CCC(=O)Nc1ccccc1CC)C(C)=O. The van der Waals surface area contributed by atoms with E-state index in [4.69, 9.17) is 0 Å². The Morgan fingerprint density at radius 1 is 1.35 bits per heavy atom. The predicted octanol–water partition coefficient (Wildman–Crippen LogP) is 2.61. The van der Waals surface area contributed by atoms with E-state index in [1.807, 2.05) is 31.2 Å². The second kappa shape index (κ2) is 8.15. The quantitative estimate of drug-likeness (QED) is 0.777. The zero-order valence-corrected chi connectivity index (χ0v) is 12.2. The topological polar surface area (TPSA) is 49.4 Å². The Labute approximate surface area is 120 Å². The summed E-state index contributed by atoms with van der Waals surface area (Å²) in [5.74, 6) is -0.132. The van der Waals surface area contributed by atoms with Crippen molar-refractivity contribution in [2.24, 2.45) is 0 Å². The van der Waals surface area contributed by atoms with E-state index in [1.165, 1.54) is 6.92 Å². The van der Waals surface area contributed by atoms with Gasteiger partial charge >= 0.3 is 0 Å². The lowest BCUT2D eigenvalue weighted by Crippen LogP contribution is -2.32. The maximum atomic E-state index is 11.9. The largest absolute Gasteiger partial charge is 0.339 e. The molecule has 0 spiro atoms. The predicted molar refractivity (Wildman–Crippen MR) is 81.5 cm³/mol. The highest BCUT2D eigenvalue weighted by Gasteiger charge is 2.10. The highest BCUT2D eigenvalue weighted by atomic mass is 16.2. The first-order valence-electron chi connectivity index (χ1n) is 6.82. The molecule has 0 saturated heterocycles. The molecule has 0 saturated carbocycles. The summed E-state index contributed by atoms with van der Waals surface area (Å²) in [5.41, 5.74) is 1.95. The number of para-hydroxylation sites is 1. The van der Waals surface area contributed by atoms with Gasteiger partial charge in [0.05, 0.1) is 0 Å². The monoisotopic (exact) mass is 274 g/mol. The molecule has 2 amide bonds. The van der Waals surface area contributed by atoms with Gasteiger partial charge in [-0.05, 0) is 18.1 Å². The number of amides is 2. The lowest BCUT2D eigenvalue weighted by molar-refractivity contribution is -0.128. The van der Waals surface area contributed by atoms with Gasteiger partial charge in [0, 0.05) is 32.1 Å². The van der Waals surface area contributed by atoms with E-state index in [-0.39, 0.29) is 18.2 Å². The lowest BCUT2D eigenvalue weighted by Gasteiger charge is -2.19. The summed E-state index contributed by atoms with van der Waals surface area (Å²) in [6, 6.07) is 7.74. The van der Waals surface area contributed by atoms with Crippen LogP contribution in [0.25, 0.3) is 0 Å². The second-order valence-electron chi connectivity index (χ2n) is 4.56. The summed E-state index contributed by atoms with van der Waals surface area (Å²) in [6.07, 6.45) is 2.81. The first-order valence-corrected chi connectivity index (χ1v) is 6.82. The molecule has 0 aromatic heterocycles. The van der Waals surface area contributed by atoms with Crippen molar-refractivity contribution in [2.75, 3.05) is 18.4 Å². The maximum Gasteiger partial charge on any atom is 0.226 e. The van der Waals surface area contributed by atoms with Crippen LogP contribution in [-0.2, 0) is 16.0 Å². The van der Waals surface area contributed by atoms with Gasteiger partial charge in [0.1, 0.15) is 0 Å². The minimum absolute atomic E-state index is 0.0494. The molecule has 0 atom stereocenters. The normalized spacial score (nSPS) is 9.90. The molecule has 0 bridgehead atoms. The van der Waals surface area contributed by atoms with Crippen LogP contribution in [0.2, 0.25) is 0 Å². The molecular formula is C16H22N2O2. The van der Waals surface area contributed by atoms with Gasteiger partial charge in [0.2, 0.25) is 11.8 Å². The molecule has 0 aliphatic heterocycles. The number of nitrogens with one attached hydrogen (secondary N) is 1. The van der Waals surface area contributed by atoms with Gasteiger partial charge in [0.25, 0.3) is 0 Å². The number of carbonyl (C=O) groups excluding carboxylic acids is 2. The van der Waals surface area contributed by atoms with E-state index >= 15 is 0 Å². The van der Waals surface area contributed by atoms with Gasteiger partial charge in [-0.3, -0.25) is 9.59 Å². The summed E-state index contributed by atoms with van der Waals surface area (Å²) >= 11 is 0. The number of rotatable bonds is 7. The van der Waals surface area contributed by atoms with Gasteiger partial charge in [-0.2, -0.15) is 0 Å². The van der Waals surface area contributed by atoms with Crippen LogP contribution >= 0.6 is 0 Å². The molecule has 108 valence electrons. The van der Waals surface area contributed by atoms with Crippen molar-refractivity contribution < 1.29 is 9.59 Å². The minimum Gasteiger partial charge on any atom is -0.339 e. The van der Waals surface area contributed by atoms with E-state index in [2.05, 4.69) is 11.9 Å². The summed E-state index contributed by atoms with van der Waals surface area (Å²) in [5, 5.41) is 2.90. The highest BCUT2D eigenvalue weighted by Crippen LogP contribution is 2.15. The molecule has 1 aromatic rings. The van der Waals surface area contributed by atoms with Crippen LogP contribution in [0, 0.1) is 0 Å². The Bertz CT molecular complexity index is 483. The third-order valence-corrected chi connectivity index (χ3v) is 3.08. The van der Waals surface area contributed by atoms with Crippen molar-refractivity contribution in [3.8, 4) is 0 Å². The van der Waals surface area contributed by atoms with Crippen LogP contribution in [0.4, 0.5) is 5.69 Å². The third kappa shape index (κ3) is 4.88. The van der Waals surface area contributed by atoms with Crippen LogP contribution in [0.3, 0.4) is 0 Å². The fraction of sp³-hybridized carbons (Fsp3) is 0.375. The first kappa shape index (κ1) is 16.0. The molecule has 0 radical (unpaired) electrons. The van der Waals surface area contributed by atoms with Gasteiger partial charge in [0.15, 0.2) is 0 Å². The third-order valence-electron chi connectivity index (χ3n) is 3.08. The number of nitrogens with zero attached hydrogens (tertiary/aromatic N) is 1. The van der Waals surface area contributed by atoms with Crippen molar-refractivity contribution in [1.29, 1.82) is 0 Å². The molecule has 0 unspecified atom stereocenters. The summed E-state index contributed by atoms with van der Waals surface area (Å²) in [6.45, 7) is 8.02. The standard InChI is InChI=1S/C16H22N2O2/c1-4-11-18(13(3)19)12-10-16(20)17-15-9-7-6-8-14(15)5-2/h4,6-9H,1,5,10-12H2,2-3H3,(H,17,20). The van der Waals surface area contributed by atoms with Crippen LogP contribution in [0.15, 0.2) is 36.9 Å². The van der Waals surface area contributed by atoms with Crippen molar-refractivity contribution in [1.82, 2.24) is 4.90 Å². The molecule has 1 rings (SSSR count). The van der Waals surface area contributed by atoms with Gasteiger partial charge in [-0.1, -0.05) is 31.2 Å². The molecule has 20 heavy (non-hydrogen) atoms. The molecule has 4 heteroatoms. The molecular weight excluding hydrogens is 252 g/mol. The zero-order chi connectivity index (χ0) is 15.0. The number of benzene rings is 1. The summed E-state index contributed by atoms with van der Waals surface area (Å²) in [7, 11) is 0. The molecule has 1 N–H and O–H groups in total. The van der Waals surface area contributed by atoms with Crippen molar-refractivity contribution in [3.63, 3.8) is 0 Å².